The van der Waals surface area contributed by atoms with Gasteiger partial charge in [0.25, 0.3) is 5.69 Å². The van der Waals surface area contributed by atoms with E-state index in [-0.39, 0.29) is 5.95 Å². The predicted molar refractivity (Wildman–Crippen MR) is 106 cm³/mol. The average molecular weight is 356 g/mol. The SMILES string of the molecule is Cc1ccc(-c2oc(O)c(-c3ccc(C)cc3)[n+]2Cc2ccccc2)cc1. The summed E-state index contributed by atoms with van der Waals surface area (Å²) in [7, 11) is 0. The first kappa shape index (κ1) is 17.1. The van der Waals surface area contributed by atoms with Crippen LogP contribution in [-0.4, -0.2) is 5.11 Å². The zero-order valence-corrected chi connectivity index (χ0v) is 15.5. The highest BCUT2D eigenvalue weighted by atomic mass is 16.5. The molecule has 0 saturated carbocycles. The first-order valence-corrected chi connectivity index (χ1v) is 9.05. The van der Waals surface area contributed by atoms with Gasteiger partial charge in [-0.15, -0.1) is 4.57 Å². The van der Waals surface area contributed by atoms with Gasteiger partial charge in [0, 0.05) is 5.56 Å². The molecule has 3 aromatic carbocycles. The van der Waals surface area contributed by atoms with Crippen molar-refractivity contribution in [2.75, 3.05) is 0 Å². The Balaban J connectivity index is 1.89. The van der Waals surface area contributed by atoms with Crippen LogP contribution in [0.5, 0.6) is 5.95 Å². The van der Waals surface area contributed by atoms with Crippen molar-refractivity contribution in [2.45, 2.75) is 20.4 Å². The fraction of sp³-hybridized carbons (Fsp3) is 0.125. The van der Waals surface area contributed by atoms with Crippen molar-refractivity contribution >= 4 is 0 Å². The van der Waals surface area contributed by atoms with E-state index in [2.05, 4.69) is 26.0 Å². The monoisotopic (exact) mass is 356 g/mol. The Labute approximate surface area is 159 Å². The smallest absolute Gasteiger partial charge is 0.384 e. The molecule has 0 amide bonds. The van der Waals surface area contributed by atoms with E-state index in [9.17, 15) is 5.11 Å². The lowest BCUT2D eigenvalue weighted by Crippen LogP contribution is -2.36. The molecule has 0 aliphatic rings. The number of rotatable bonds is 4. The largest absolute Gasteiger partial charge is 0.476 e. The summed E-state index contributed by atoms with van der Waals surface area (Å²) in [4.78, 5) is 0. The fourth-order valence-electron chi connectivity index (χ4n) is 3.23. The fourth-order valence-corrected chi connectivity index (χ4v) is 3.23. The van der Waals surface area contributed by atoms with Gasteiger partial charge < -0.3 is 9.52 Å². The molecule has 1 aromatic heterocycles. The molecule has 134 valence electrons. The zero-order valence-electron chi connectivity index (χ0n) is 15.5. The summed E-state index contributed by atoms with van der Waals surface area (Å²) in [6, 6.07) is 26.5. The van der Waals surface area contributed by atoms with E-state index in [1.807, 2.05) is 71.3 Å². The summed E-state index contributed by atoms with van der Waals surface area (Å²) in [6.07, 6.45) is 0. The molecule has 0 aliphatic heterocycles. The number of hydrogen-bond donors (Lipinski definition) is 1. The number of oxazole rings is 1. The van der Waals surface area contributed by atoms with Crippen LogP contribution in [0.3, 0.4) is 0 Å². The zero-order chi connectivity index (χ0) is 18.8. The van der Waals surface area contributed by atoms with Crippen molar-refractivity contribution in [3.63, 3.8) is 0 Å². The Morgan fingerprint density at radius 3 is 1.89 bits per heavy atom. The number of hydrogen-bond acceptors (Lipinski definition) is 2. The van der Waals surface area contributed by atoms with E-state index in [0.29, 0.717) is 18.1 Å². The van der Waals surface area contributed by atoms with Gasteiger partial charge in [0.15, 0.2) is 6.54 Å². The topological polar surface area (TPSA) is 37.3 Å². The van der Waals surface area contributed by atoms with Crippen LogP contribution in [0.25, 0.3) is 22.7 Å². The van der Waals surface area contributed by atoms with Crippen molar-refractivity contribution in [1.29, 1.82) is 0 Å². The quantitative estimate of drug-likeness (QED) is 0.506. The van der Waals surface area contributed by atoms with Crippen LogP contribution in [0.2, 0.25) is 0 Å². The molecule has 3 heteroatoms. The number of aryl methyl sites for hydroxylation is 2. The molecule has 4 rings (SSSR count). The standard InChI is InChI=1S/C24H21NO2/c1-17-8-12-20(13-9-17)22-24(26)27-23(21-14-10-18(2)11-15-21)25(22)16-19-6-4-3-5-7-19/h3-15H,16H2,1-2H3/p+1. The molecule has 0 radical (unpaired) electrons. The third kappa shape index (κ3) is 3.49. The molecular formula is C24H22NO2+. The second-order valence-electron chi connectivity index (χ2n) is 6.86. The highest BCUT2D eigenvalue weighted by Crippen LogP contribution is 2.32. The Kier molecular flexibility index (Phi) is 4.51. The lowest BCUT2D eigenvalue weighted by atomic mass is 10.1. The Morgan fingerprint density at radius 1 is 0.741 bits per heavy atom. The summed E-state index contributed by atoms with van der Waals surface area (Å²) in [5, 5.41) is 10.6. The van der Waals surface area contributed by atoms with E-state index < -0.39 is 0 Å². The first-order valence-electron chi connectivity index (χ1n) is 9.05. The number of aromatic nitrogens is 1. The minimum Gasteiger partial charge on any atom is -0.476 e. The second kappa shape index (κ2) is 7.12. The van der Waals surface area contributed by atoms with Gasteiger partial charge in [0.2, 0.25) is 0 Å². The lowest BCUT2D eigenvalue weighted by molar-refractivity contribution is -0.669. The molecule has 0 fully saturated rings. The van der Waals surface area contributed by atoms with Gasteiger partial charge in [-0.3, -0.25) is 0 Å². The van der Waals surface area contributed by atoms with Gasteiger partial charge in [0.05, 0.1) is 11.1 Å². The highest BCUT2D eigenvalue weighted by molar-refractivity contribution is 5.63. The summed E-state index contributed by atoms with van der Waals surface area (Å²) in [5.41, 5.74) is 6.05. The minimum absolute atomic E-state index is 0.0645. The number of nitrogens with zero attached hydrogens (tertiary/aromatic N) is 1. The van der Waals surface area contributed by atoms with Crippen LogP contribution in [0.1, 0.15) is 16.7 Å². The molecule has 0 spiro atoms. The number of benzene rings is 3. The van der Waals surface area contributed by atoms with Gasteiger partial charge in [-0.05, 0) is 38.1 Å². The highest BCUT2D eigenvalue weighted by Gasteiger charge is 2.31. The van der Waals surface area contributed by atoms with Crippen LogP contribution < -0.4 is 4.57 Å². The van der Waals surface area contributed by atoms with Crippen LogP contribution >= 0.6 is 0 Å². The van der Waals surface area contributed by atoms with Crippen molar-refractivity contribution < 1.29 is 14.1 Å². The van der Waals surface area contributed by atoms with E-state index in [0.717, 1.165) is 16.7 Å². The van der Waals surface area contributed by atoms with Crippen molar-refractivity contribution in [2.24, 2.45) is 0 Å². The van der Waals surface area contributed by atoms with Crippen LogP contribution in [0.4, 0.5) is 0 Å². The van der Waals surface area contributed by atoms with Crippen LogP contribution in [0, 0.1) is 13.8 Å². The van der Waals surface area contributed by atoms with E-state index in [1.165, 1.54) is 11.1 Å². The average Bonchev–Trinajstić information content (AvgIpc) is 3.00. The van der Waals surface area contributed by atoms with Crippen LogP contribution in [-0.2, 0) is 6.54 Å². The van der Waals surface area contributed by atoms with Gasteiger partial charge in [0.1, 0.15) is 0 Å². The maximum atomic E-state index is 10.6. The van der Waals surface area contributed by atoms with Gasteiger partial charge in [-0.1, -0.05) is 65.7 Å². The van der Waals surface area contributed by atoms with E-state index in [4.69, 9.17) is 4.42 Å². The molecule has 0 aliphatic carbocycles. The third-order valence-corrected chi connectivity index (χ3v) is 4.72. The molecule has 3 nitrogen and oxygen atoms in total. The minimum atomic E-state index is -0.0645. The molecule has 0 atom stereocenters. The van der Waals surface area contributed by atoms with Crippen molar-refractivity contribution in [3.05, 3.63) is 95.6 Å². The van der Waals surface area contributed by atoms with Crippen molar-refractivity contribution in [1.82, 2.24) is 0 Å². The summed E-state index contributed by atoms with van der Waals surface area (Å²) in [5.74, 6) is 0.581. The molecule has 27 heavy (non-hydrogen) atoms. The first-order chi connectivity index (χ1) is 13.1. The maximum absolute atomic E-state index is 10.6. The van der Waals surface area contributed by atoms with E-state index >= 15 is 0 Å². The molecule has 4 aromatic rings. The Morgan fingerprint density at radius 2 is 1.30 bits per heavy atom. The molecular weight excluding hydrogens is 334 g/mol. The van der Waals surface area contributed by atoms with Gasteiger partial charge in [-0.25, -0.2) is 0 Å². The van der Waals surface area contributed by atoms with Gasteiger partial charge >= 0.3 is 11.8 Å². The molecule has 0 saturated heterocycles. The predicted octanol–water partition coefficient (Wildman–Crippen LogP) is 5.27. The summed E-state index contributed by atoms with van der Waals surface area (Å²) >= 11 is 0. The normalized spacial score (nSPS) is 10.9. The summed E-state index contributed by atoms with van der Waals surface area (Å²) < 4.78 is 7.89. The molecule has 0 bridgehead atoms. The third-order valence-electron chi connectivity index (χ3n) is 4.72. The Bertz CT molecular complexity index is 1050. The van der Waals surface area contributed by atoms with Crippen molar-refractivity contribution in [3.8, 4) is 28.7 Å². The van der Waals surface area contributed by atoms with Crippen LogP contribution in [0.15, 0.2) is 83.3 Å². The maximum Gasteiger partial charge on any atom is 0.384 e. The molecule has 0 unspecified atom stereocenters. The molecule has 1 N–H and O–H groups in total. The van der Waals surface area contributed by atoms with Gasteiger partial charge in [-0.2, -0.15) is 0 Å². The summed E-state index contributed by atoms with van der Waals surface area (Å²) in [6.45, 7) is 4.71. The number of aromatic hydroxyl groups is 1. The second-order valence-corrected chi connectivity index (χ2v) is 6.86. The molecule has 1 heterocycles. The Hall–Kier alpha value is -3.33. The lowest BCUT2D eigenvalue weighted by Gasteiger charge is -2.02. The van der Waals surface area contributed by atoms with E-state index in [1.54, 1.807) is 0 Å².